The summed E-state index contributed by atoms with van der Waals surface area (Å²) in [5, 5.41) is 22.8. The third-order valence-corrected chi connectivity index (χ3v) is 4.26. The fraction of sp³-hybridized carbons (Fsp3) is 0.133. The largest absolute Gasteiger partial charge is 0.508 e. The van der Waals surface area contributed by atoms with Crippen molar-refractivity contribution in [3.05, 3.63) is 53.6 Å². The number of phenols is 2. The van der Waals surface area contributed by atoms with Crippen molar-refractivity contribution < 1.29 is 18.6 Å². The molecular weight excluding hydrogens is 304 g/mol. The molecule has 0 spiro atoms. The predicted molar refractivity (Wildman–Crippen MR) is 83.5 cm³/mol. The topological polar surface area (TPSA) is 99.0 Å². The molecular formula is C15H16N2O4S. The van der Waals surface area contributed by atoms with Gasteiger partial charge in [0.25, 0.3) is 10.0 Å². The van der Waals surface area contributed by atoms with E-state index in [4.69, 9.17) is 0 Å². The Hall–Kier alpha value is -2.54. The normalized spacial score (nSPS) is 12.2. The average Bonchev–Trinajstić information content (AvgIpc) is 2.45. The summed E-state index contributed by atoms with van der Waals surface area (Å²) >= 11 is 0. The molecule has 0 fully saturated rings. The lowest BCUT2D eigenvalue weighted by molar-refractivity contribution is 0.450. The Morgan fingerprint density at radius 3 is 2.32 bits per heavy atom. The van der Waals surface area contributed by atoms with Gasteiger partial charge in [0.05, 0.1) is 10.6 Å². The summed E-state index contributed by atoms with van der Waals surface area (Å²) in [5.41, 5.74) is 1.55. The van der Waals surface area contributed by atoms with Crippen molar-refractivity contribution in [3.63, 3.8) is 0 Å². The number of nitrogens with zero attached hydrogens (tertiary/aromatic N) is 1. The molecule has 0 aromatic heterocycles. The molecule has 0 radical (unpaired) electrons. The molecule has 22 heavy (non-hydrogen) atoms. The molecule has 0 bridgehead atoms. The average molecular weight is 320 g/mol. The van der Waals surface area contributed by atoms with Gasteiger partial charge >= 0.3 is 0 Å². The van der Waals surface area contributed by atoms with Gasteiger partial charge < -0.3 is 10.2 Å². The minimum atomic E-state index is -3.77. The Morgan fingerprint density at radius 2 is 1.73 bits per heavy atom. The number of aromatic hydroxyl groups is 2. The minimum absolute atomic E-state index is 0.0886. The van der Waals surface area contributed by atoms with Crippen LogP contribution in [0.4, 0.5) is 0 Å². The van der Waals surface area contributed by atoms with E-state index in [0.717, 1.165) is 11.6 Å². The van der Waals surface area contributed by atoms with Crippen molar-refractivity contribution in [2.75, 3.05) is 0 Å². The summed E-state index contributed by atoms with van der Waals surface area (Å²) in [6.07, 6.45) is 0. The van der Waals surface area contributed by atoms with Crippen molar-refractivity contribution in [1.82, 2.24) is 4.83 Å². The lowest BCUT2D eigenvalue weighted by Crippen LogP contribution is -2.20. The van der Waals surface area contributed by atoms with Gasteiger partial charge in [0, 0.05) is 11.6 Å². The first-order valence-corrected chi connectivity index (χ1v) is 7.93. The molecule has 2 aromatic carbocycles. The van der Waals surface area contributed by atoms with Crippen LogP contribution in [0.25, 0.3) is 0 Å². The lowest BCUT2D eigenvalue weighted by atomic mass is 10.1. The maximum Gasteiger partial charge on any atom is 0.276 e. The zero-order valence-electron chi connectivity index (χ0n) is 12.1. The van der Waals surface area contributed by atoms with Crippen LogP contribution < -0.4 is 4.83 Å². The summed E-state index contributed by atoms with van der Waals surface area (Å²) in [4.78, 5) is 2.22. The van der Waals surface area contributed by atoms with Crippen LogP contribution in [0.3, 0.4) is 0 Å². The third kappa shape index (κ3) is 3.56. The number of phenolic OH excluding ortho intramolecular Hbond substituents is 2. The maximum absolute atomic E-state index is 12.1. The zero-order valence-corrected chi connectivity index (χ0v) is 12.9. The van der Waals surface area contributed by atoms with E-state index in [2.05, 4.69) is 9.93 Å². The van der Waals surface area contributed by atoms with Gasteiger partial charge in [0.15, 0.2) is 0 Å². The number of hydrogen-bond donors (Lipinski definition) is 3. The fourth-order valence-corrected chi connectivity index (χ4v) is 2.64. The molecule has 0 unspecified atom stereocenters. The maximum atomic E-state index is 12.1. The lowest BCUT2D eigenvalue weighted by Gasteiger charge is -2.07. The summed E-state index contributed by atoms with van der Waals surface area (Å²) in [5.74, 6) is -0.273. The van der Waals surface area contributed by atoms with Gasteiger partial charge in [0.2, 0.25) is 0 Å². The molecule has 0 atom stereocenters. The number of hydrazone groups is 1. The van der Waals surface area contributed by atoms with E-state index in [9.17, 15) is 18.6 Å². The highest BCUT2D eigenvalue weighted by Crippen LogP contribution is 2.23. The monoisotopic (exact) mass is 320 g/mol. The van der Waals surface area contributed by atoms with Crippen LogP contribution in [0.1, 0.15) is 18.1 Å². The van der Waals surface area contributed by atoms with Gasteiger partial charge in [-0.15, -0.1) is 0 Å². The van der Waals surface area contributed by atoms with E-state index >= 15 is 0 Å². The van der Waals surface area contributed by atoms with Crippen LogP contribution in [-0.2, 0) is 10.0 Å². The molecule has 0 aliphatic heterocycles. The Balaban J connectivity index is 2.24. The highest BCUT2D eigenvalue weighted by molar-refractivity contribution is 7.89. The Bertz CT molecular complexity index is 812. The standard InChI is InChI=1S/C15H16N2O4S/c1-10-3-6-13(7-4-10)22(20,21)17-16-11(2)14-8-5-12(18)9-15(14)19/h3-9,17-19H,1-2H3/b16-11-. The fourth-order valence-electron chi connectivity index (χ4n) is 1.78. The molecule has 0 heterocycles. The van der Waals surface area contributed by atoms with Crippen LogP contribution in [0.5, 0.6) is 11.5 Å². The van der Waals surface area contributed by atoms with Crippen LogP contribution in [0.15, 0.2) is 52.5 Å². The summed E-state index contributed by atoms with van der Waals surface area (Å²) in [6, 6.07) is 10.3. The zero-order chi connectivity index (χ0) is 16.3. The van der Waals surface area contributed by atoms with Crippen LogP contribution in [-0.4, -0.2) is 24.3 Å². The van der Waals surface area contributed by atoms with E-state index in [1.807, 2.05) is 6.92 Å². The van der Waals surface area contributed by atoms with E-state index in [1.165, 1.54) is 24.3 Å². The van der Waals surface area contributed by atoms with Gasteiger partial charge in [-0.3, -0.25) is 0 Å². The van der Waals surface area contributed by atoms with E-state index < -0.39 is 10.0 Å². The first-order chi connectivity index (χ1) is 10.3. The van der Waals surface area contributed by atoms with E-state index in [0.29, 0.717) is 5.56 Å². The van der Waals surface area contributed by atoms with Crippen LogP contribution in [0.2, 0.25) is 0 Å². The predicted octanol–water partition coefficient (Wildman–Crippen LogP) is 2.11. The molecule has 0 saturated carbocycles. The van der Waals surface area contributed by atoms with Gasteiger partial charge in [-0.1, -0.05) is 17.7 Å². The van der Waals surface area contributed by atoms with Crippen LogP contribution >= 0.6 is 0 Å². The quantitative estimate of drug-likeness (QED) is 0.593. The van der Waals surface area contributed by atoms with Gasteiger partial charge in [-0.25, -0.2) is 0 Å². The van der Waals surface area contributed by atoms with Crippen molar-refractivity contribution in [3.8, 4) is 11.5 Å². The third-order valence-electron chi connectivity index (χ3n) is 3.04. The van der Waals surface area contributed by atoms with E-state index in [-0.39, 0.29) is 22.1 Å². The van der Waals surface area contributed by atoms with Crippen molar-refractivity contribution in [2.45, 2.75) is 18.7 Å². The highest BCUT2D eigenvalue weighted by atomic mass is 32.2. The number of aryl methyl sites for hydroxylation is 1. The Labute approximate surface area is 128 Å². The molecule has 116 valence electrons. The number of rotatable bonds is 4. The molecule has 7 heteroatoms. The Kier molecular flexibility index (Phi) is 4.37. The molecule has 6 nitrogen and oxygen atoms in total. The first-order valence-electron chi connectivity index (χ1n) is 6.45. The van der Waals surface area contributed by atoms with Crippen molar-refractivity contribution in [1.29, 1.82) is 0 Å². The number of sulfonamides is 1. The number of hydrogen-bond acceptors (Lipinski definition) is 5. The Morgan fingerprint density at radius 1 is 1.09 bits per heavy atom. The molecule has 0 saturated heterocycles. The van der Waals surface area contributed by atoms with E-state index in [1.54, 1.807) is 19.1 Å². The molecule has 0 aliphatic rings. The molecule has 2 rings (SSSR count). The second kappa shape index (κ2) is 6.07. The molecule has 2 aromatic rings. The van der Waals surface area contributed by atoms with Gasteiger partial charge in [0.1, 0.15) is 11.5 Å². The molecule has 0 aliphatic carbocycles. The summed E-state index contributed by atoms with van der Waals surface area (Å²) < 4.78 is 24.2. The second-order valence-electron chi connectivity index (χ2n) is 4.81. The second-order valence-corrected chi connectivity index (χ2v) is 6.47. The van der Waals surface area contributed by atoms with Gasteiger partial charge in [-0.05, 0) is 38.1 Å². The SMILES string of the molecule is C/C(=N/NS(=O)(=O)c1ccc(C)cc1)c1ccc(O)cc1O. The number of benzene rings is 2. The van der Waals surface area contributed by atoms with Crippen molar-refractivity contribution in [2.24, 2.45) is 5.10 Å². The smallest absolute Gasteiger partial charge is 0.276 e. The first kappa shape index (κ1) is 15.8. The molecule has 3 N–H and O–H groups in total. The van der Waals surface area contributed by atoms with Gasteiger partial charge in [-0.2, -0.15) is 18.4 Å². The van der Waals surface area contributed by atoms with Crippen molar-refractivity contribution >= 4 is 15.7 Å². The number of nitrogens with one attached hydrogen (secondary N) is 1. The summed E-state index contributed by atoms with van der Waals surface area (Å²) in [7, 11) is -3.77. The van der Waals surface area contributed by atoms with Crippen LogP contribution in [0, 0.1) is 6.92 Å². The molecule has 0 amide bonds. The minimum Gasteiger partial charge on any atom is -0.508 e. The summed E-state index contributed by atoms with van der Waals surface area (Å²) in [6.45, 7) is 3.41. The highest BCUT2D eigenvalue weighted by Gasteiger charge is 2.13.